The topological polar surface area (TPSA) is 65.4 Å². The fraction of sp³-hybridized carbons (Fsp3) is 0.462. The van der Waals surface area contributed by atoms with E-state index in [1.165, 1.54) is 11.1 Å². The van der Waals surface area contributed by atoms with Gasteiger partial charge in [0.2, 0.25) is 5.91 Å². The summed E-state index contributed by atoms with van der Waals surface area (Å²) in [6, 6.07) is 14.5. The first-order valence-corrected chi connectivity index (χ1v) is 11.7. The number of benzene rings is 2. The molecule has 1 aliphatic rings. The first-order chi connectivity index (χ1) is 15.6. The van der Waals surface area contributed by atoms with Crippen LogP contribution < -0.4 is 10.1 Å². The molecule has 1 atom stereocenters. The molecule has 0 bridgehead atoms. The van der Waals surface area contributed by atoms with E-state index >= 15 is 0 Å². The lowest BCUT2D eigenvalue weighted by Gasteiger charge is -2.12. The Labute approximate surface area is 189 Å². The number of para-hydroxylation sites is 2. The summed E-state index contributed by atoms with van der Waals surface area (Å²) in [6.07, 6.45) is 4.09. The molecule has 0 radical (unpaired) electrons. The highest BCUT2D eigenvalue weighted by molar-refractivity contribution is 5.80. The molecule has 0 spiro atoms. The lowest BCUT2D eigenvalue weighted by molar-refractivity contribution is -0.130. The Morgan fingerprint density at radius 1 is 1.19 bits per heavy atom. The van der Waals surface area contributed by atoms with Gasteiger partial charge in [0, 0.05) is 26.1 Å². The Morgan fingerprint density at radius 2 is 2.06 bits per heavy atom. The quantitative estimate of drug-likeness (QED) is 0.481. The average molecular weight is 436 g/mol. The zero-order chi connectivity index (χ0) is 22.3. The molecule has 0 aliphatic carbocycles. The number of carbonyl (C=O) groups excluding carboxylic acids is 1. The molecule has 1 N–H and O–H groups in total. The second-order valence-corrected chi connectivity index (χ2v) is 8.51. The van der Waals surface area contributed by atoms with Crippen molar-refractivity contribution in [3.05, 3.63) is 59.4 Å². The molecule has 2 heterocycles. The lowest BCUT2D eigenvalue weighted by atomic mass is 10.1. The molecule has 3 aromatic rings. The van der Waals surface area contributed by atoms with E-state index in [0.717, 1.165) is 61.3 Å². The molecule has 1 unspecified atom stereocenters. The van der Waals surface area contributed by atoms with E-state index in [1.54, 1.807) is 0 Å². The second kappa shape index (κ2) is 10.6. The molecular formula is C26H33N3O3. The van der Waals surface area contributed by atoms with E-state index in [2.05, 4.69) is 54.1 Å². The van der Waals surface area contributed by atoms with Crippen molar-refractivity contribution in [3.63, 3.8) is 0 Å². The second-order valence-electron chi connectivity index (χ2n) is 8.51. The molecule has 1 aliphatic heterocycles. The van der Waals surface area contributed by atoms with Crippen molar-refractivity contribution in [2.45, 2.75) is 58.6 Å². The van der Waals surface area contributed by atoms with E-state index in [1.807, 2.05) is 12.1 Å². The number of rotatable bonds is 10. The lowest BCUT2D eigenvalue weighted by Crippen LogP contribution is -2.34. The number of aryl methyl sites for hydroxylation is 4. The summed E-state index contributed by atoms with van der Waals surface area (Å²) in [6.45, 7) is 7.05. The fourth-order valence-corrected chi connectivity index (χ4v) is 4.14. The molecule has 32 heavy (non-hydrogen) atoms. The van der Waals surface area contributed by atoms with Crippen LogP contribution in [0.4, 0.5) is 0 Å². The van der Waals surface area contributed by atoms with Crippen LogP contribution in [0.1, 0.15) is 42.6 Å². The van der Waals surface area contributed by atoms with Crippen molar-refractivity contribution in [2.75, 3.05) is 19.8 Å². The summed E-state index contributed by atoms with van der Waals surface area (Å²) in [5, 5.41) is 3.01. The number of fused-ring (bicyclic) bond motifs is 1. The van der Waals surface area contributed by atoms with Crippen LogP contribution in [0.5, 0.6) is 5.75 Å². The molecule has 1 saturated heterocycles. The van der Waals surface area contributed by atoms with Crippen molar-refractivity contribution in [1.29, 1.82) is 0 Å². The number of hydrogen-bond acceptors (Lipinski definition) is 4. The van der Waals surface area contributed by atoms with Crippen LogP contribution in [0.25, 0.3) is 11.0 Å². The number of nitrogens with zero attached hydrogens (tertiary/aromatic N) is 2. The summed E-state index contributed by atoms with van der Waals surface area (Å²) in [5.74, 6) is 1.99. The Bertz CT molecular complexity index is 1050. The zero-order valence-electron chi connectivity index (χ0n) is 19.1. The molecular weight excluding hydrogens is 402 g/mol. The average Bonchev–Trinajstić information content (AvgIpc) is 3.45. The molecule has 2 aromatic carbocycles. The Balaban J connectivity index is 1.31. The van der Waals surface area contributed by atoms with Gasteiger partial charge in [-0.05, 0) is 74.9 Å². The SMILES string of the molecule is Cc1ccc(OCCCn2c(CCCNC(=O)C3CCCO3)nc3ccccc32)cc1C. The van der Waals surface area contributed by atoms with Gasteiger partial charge >= 0.3 is 0 Å². The summed E-state index contributed by atoms with van der Waals surface area (Å²) in [7, 11) is 0. The van der Waals surface area contributed by atoms with E-state index in [9.17, 15) is 4.79 Å². The predicted molar refractivity (Wildman–Crippen MR) is 126 cm³/mol. The van der Waals surface area contributed by atoms with Gasteiger partial charge in [-0.3, -0.25) is 4.79 Å². The van der Waals surface area contributed by atoms with Crippen LogP contribution in [0, 0.1) is 13.8 Å². The molecule has 6 nitrogen and oxygen atoms in total. The maximum Gasteiger partial charge on any atom is 0.249 e. The van der Waals surface area contributed by atoms with Gasteiger partial charge in [-0.15, -0.1) is 0 Å². The number of carbonyl (C=O) groups is 1. The van der Waals surface area contributed by atoms with Crippen LogP contribution in [0.15, 0.2) is 42.5 Å². The zero-order valence-corrected chi connectivity index (χ0v) is 19.1. The third-order valence-electron chi connectivity index (χ3n) is 6.11. The number of hydrogen-bond donors (Lipinski definition) is 1. The maximum absolute atomic E-state index is 12.1. The highest BCUT2D eigenvalue weighted by Crippen LogP contribution is 2.19. The third-order valence-corrected chi connectivity index (χ3v) is 6.11. The molecule has 1 amide bonds. The summed E-state index contributed by atoms with van der Waals surface area (Å²) in [4.78, 5) is 17.0. The van der Waals surface area contributed by atoms with E-state index < -0.39 is 0 Å². The van der Waals surface area contributed by atoms with Gasteiger partial charge in [0.1, 0.15) is 17.7 Å². The van der Waals surface area contributed by atoms with Gasteiger partial charge in [0.05, 0.1) is 17.6 Å². The van der Waals surface area contributed by atoms with E-state index in [0.29, 0.717) is 19.8 Å². The number of nitrogens with one attached hydrogen (secondary N) is 1. The van der Waals surface area contributed by atoms with Crippen molar-refractivity contribution in [3.8, 4) is 5.75 Å². The monoisotopic (exact) mass is 435 g/mol. The largest absolute Gasteiger partial charge is 0.494 e. The Kier molecular flexibility index (Phi) is 7.43. The van der Waals surface area contributed by atoms with Crippen LogP contribution in [0.2, 0.25) is 0 Å². The Morgan fingerprint density at radius 3 is 2.88 bits per heavy atom. The van der Waals surface area contributed by atoms with Crippen molar-refractivity contribution < 1.29 is 14.3 Å². The van der Waals surface area contributed by atoms with Crippen molar-refractivity contribution in [1.82, 2.24) is 14.9 Å². The highest BCUT2D eigenvalue weighted by Gasteiger charge is 2.22. The normalized spacial score (nSPS) is 15.9. The van der Waals surface area contributed by atoms with Crippen molar-refractivity contribution >= 4 is 16.9 Å². The minimum atomic E-state index is -0.267. The maximum atomic E-state index is 12.1. The Hall–Kier alpha value is -2.86. The molecule has 4 rings (SSSR count). The smallest absolute Gasteiger partial charge is 0.249 e. The molecule has 1 aromatic heterocycles. The van der Waals surface area contributed by atoms with Crippen LogP contribution in [-0.4, -0.2) is 41.3 Å². The molecule has 1 fully saturated rings. The van der Waals surface area contributed by atoms with E-state index in [-0.39, 0.29) is 12.0 Å². The minimum Gasteiger partial charge on any atom is -0.494 e. The van der Waals surface area contributed by atoms with Gasteiger partial charge in [0.15, 0.2) is 0 Å². The molecule has 6 heteroatoms. The molecule has 170 valence electrons. The highest BCUT2D eigenvalue weighted by atomic mass is 16.5. The fourth-order valence-electron chi connectivity index (χ4n) is 4.14. The van der Waals surface area contributed by atoms with Gasteiger partial charge in [-0.25, -0.2) is 4.98 Å². The van der Waals surface area contributed by atoms with Crippen LogP contribution >= 0.6 is 0 Å². The third kappa shape index (κ3) is 5.49. The van der Waals surface area contributed by atoms with Gasteiger partial charge in [0.25, 0.3) is 0 Å². The number of amides is 1. The predicted octanol–water partition coefficient (Wildman–Crippen LogP) is 4.35. The van der Waals surface area contributed by atoms with Crippen LogP contribution in [-0.2, 0) is 22.5 Å². The van der Waals surface area contributed by atoms with Gasteiger partial charge < -0.3 is 19.4 Å². The van der Waals surface area contributed by atoms with E-state index in [4.69, 9.17) is 14.5 Å². The first-order valence-electron chi connectivity index (χ1n) is 11.7. The summed E-state index contributed by atoms with van der Waals surface area (Å²) < 4.78 is 13.7. The number of aromatic nitrogens is 2. The minimum absolute atomic E-state index is 0.0134. The van der Waals surface area contributed by atoms with Crippen molar-refractivity contribution in [2.24, 2.45) is 0 Å². The van der Waals surface area contributed by atoms with Gasteiger partial charge in [-0.2, -0.15) is 0 Å². The number of imidazole rings is 1. The molecule has 0 saturated carbocycles. The summed E-state index contributed by atoms with van der Waals surface area (Å²) >= 11 is 0. The number of ether oxygens (including phenoxy) is 2. The van der Waals surface area contributed by atoms with Gasteiger partial charge in [-0.1, -0.05) is 18.2 Å². The summed E-state index contributed by atoms with van der Waals surface area (Å²) in [5.41, 5.74) is 4.69. The standard InChI is InChI=1S/C26H33N3O3/c1-19-12-13-21(18-20(19)2)31-17-7-15-29-23-9-4-3-8-22(23)28-25(29)11-5-14-27-26(30)24-10-6-16-32-24/h3-4,8-9,12-13,18,24H,5-7,10-11,14-17H2,1-2H3,(H,27,30). The first kappa shape index (κ1) is 22.3. The van der Waals surface area contributed by atoms with Crippen LogP contribution in [0.3, 0.4) is 0 Å².